The van der Waals surface area contributed by atoms with E-state index in [0.29, 0.717) is 52.6 Å². The van der Waals surface area contributed by atoms with Gasteiger partial charge in [0.15, 0.2) is 11.5 Å². The Balaban J connectivity index is 1.53. The molecule has 2 heterocycles. The maximum Gasteiger partial charge on any atom is 0.241 e. The van der Waals surface area contributed by atoms with Gasteiger partial charge in [0, 0.05) is 30.4 Å². The molecule has 0 aliphatic rings. The highest BCUT2D eigenvalue weighted by molar-refractivity contribution is 5.82. The van der Waals surface area contributed by atoms with E-state index in [1.807, 2.05) is 18.2 Å². The Labute approximate surface area is 223 Å². The van der Waals surface area contributed by atoms with E-state index in [1.165, 1.54) is 25.6 Å². The molecule has 3 aromatic carbocycles. The second-order valence-electron chi connectivity index (χ2n) is 8.25. The zero-order valence-corrected chi connectivity index (χ0v) is 21.7. The standard InChI is InChI=1S/C27H26FN7O4/c1-36-19-9-10-20-21(13-19)35(26(33-20)29-14-16-5-7-17(28)8-6-16)27-31-15-30-25(34-27)32-18-11-22(37-2)24(39-4)23(12-18)38-3/h5-13,15H,14H2,1-4H3,(H,29,33)(H,30,31,32,34). The number of anilines is 3. The van der Waals surface area contributed by atoms with Crippen LogP contribution < -0.4 is 29.6 Å². The largest absolute Gasteiger partial charge is 0.497 e. The average Bonchev–Trinajstić information content (AvgIpc) is 3.33. The summed E-state index contributed by atoms with van der Waals surface area (Å²) in [6.07, 6.45) is 1.40. The number of aromatic nitrogens is 5. The fourth-order valence-corrected chi connectivity index (χ4v) is 4.02. The molecule has 0 radical (unpaired) electrons. The normalized spacial score (nSPS) is 10.8. The summed E-state index contributed by atoms with van der Waals surface area (Å²) in [5, 5.41) is 6.48. The van der Waals surface area contributed by atoms with Crippen LogP contribution in [0.4, 0.5) is 22.0 Å². The van der Waals surface area contributed by atoms with Gasteiger partial charge in [0.25, 0.3) is 0 Å². The lowest BCUT2D eigenvalue weighted by atomic mass is 10.2. The van der Waals surface area contributed by atoms with Crippen LogP contribution >= 0.6 is 0 Å². The third-order valence-electron chi connectivity index (χ3n) is 5.91. The molecule has 200 valence electrons. The lowest BCUT2D eigenvalue weighted by molar-refractivity contribution is 0.324. The number of fused-ring (bicyclic) bond motifs is 1. The summed E-state index contributed by atoms with van der Waals surface area (Å²) < 4.78 is 36.9. The fourth-order valence-electron chi connectivity index (χ4n) is 4.02. The summed E-state index contributed by atoms with van der Waals surface area (Å²) >= 11 is 0. The maximum absolute atomic E-state index is 13.4. The highest BCUT2D eigenvalue weighted by atomic mass is 19.1. The predicted octanol–water partition coefficient (Wildman–Crippen LogP) is 4.74. The molecule has 0 atom stereocenters. The van der Waals surface area contributed by atoms with E-state index in [-0.39, 0.29) is 11.8 Å². The van der Waals surface area contributed by atoms with Gasteiger partial charge in [0.2, 0.25) is 23.6 Å². The molecule has 5 aromatic rings. The van der Waals surface area contributed by atoms with E-state index in [4.69, 9.17) is 23.9 Å². The SMILES string of the molecule is COc1ccc2nc(NCc3ccc(F)cc3)n(-c3ncnc(Nc4cc(OC)c(OC)c(OC)c4)n3)c2c1. The molecular formula is C27H26FN7O4. The zero-order chi connectivity index (χ0) is 27.4. The first-order chi connectivity index (χ1) is 19.0. The van der Waals surface area contributed by atoms with Gasteiger partial charge >= 0.3 is 0 Å². The van der Waals surface area contributed by atoms with E-state index in [9.17, 15) is 4.39 Å². The van der Waals surface area contributed by atoms with E-state index in [0.717, 1.165) is 11.1 Å². The van der Waals surface area contributed by atoms with Crippen LogP contribution in [0.3, 0.4) is 0 Å². The molecule has 0 aliphatic carbocycles. The van der Waals surface area contributed by atoms with Crippen molar-refractivity contribution in [2.75, 3.05) is 39.1 Å². The van der Waals surface area contributed by atoms with Crippen molar-refractivity contribution in [1.29, 1.82) is 0 Å². The van der Waals surface area contributed by atoms with Gasteiger partial charge < -0.3 is 29.6 Å². The number of nitrogens with zero attached hydrogens (tertiary/aromatic N) is 5. The third kappa shape index (κ3) is 5.30. The molecule has 11 nitrogen and oxygen atoms in total. The topological polar surface area (TPSA) is 117 Å². The lowest BCUT2D eigenvalue weighted by Crippen LogP contribution is -2.10. The van der Waals surface area contributed by atoms with Gasteiger partial charge in [-0.05, 0) is 29.8 Å². The van der Waals surface area contributed by atoms with Gasteiger partial charge in [0.1, 0.15) is 17.9 Å². The molecule has 0 amide bonds. The Morgan fingerprint density at radius 2 is 1.56 bits per heavy atom. The van der Waals surface area contributed by atoms with Crippen LogP contribution in [0, 0.1) is 5.82 Å². The molecule has 2 N–H and O–H groups in total. The third-order valence-corrected chi connectivity index (χ3v) is 5.91. The monoisotopic (exact) mass is 531 g/mol. The molecule has 0 spiro atoms. The molecule has 0 fully saturated rings. The minimum Gasteiger partial charge on any atom is -0.497 e. The highest BCUT2D eigenvalue weighted by Gasteiger charge is 2.18. The van der Waals surface area contributed by atoms with Crippen LogP contribution in [0.2, 0.25) is 0 Å². The summed E-state index contributed by atoms with van der Waals surface area (Å²) in [6.45, 7) is 0.405. The minimum absolute atomic E-state index is 0.281. The van der Waals surface area contributed by atoms with E-state index < -0.39 is 0 Å². The van der Waals surface area contributed by atoms with Gasteiger partial charge in [-0.2, -0.15) is 4.98 Å². The summed E-state index contributed by atoms with van der Waals surface area (Å²) in [7, 11) is 6.22. The molecule has 39 heavy (non-hydrogen) atoms. The van der Waals surface area contributed by atoms with Gasteiger partial charge in [-0.15, -0.1) is 0 Å². The van der Waals surface area contributed by atoms with Gasteiger partial charge in [0.05, 0.1) is 39.5 Å². The number of nitrogens with one attached hydrogen (secondary N) is 2. The summed E-state index contributed by atoms with van der Waals surface area (Å²) in [5.41, 5.74) is 2.93. The highest BCUT2D eigenvalue weighted by Crippen LogP contribution is 2.40. The first kappa shape index (κ1) is 25.5. The van der Waals surface area contributed by atoms with Crippen molar-refractivity contribution in [3.8, 4) is 28.9 Å². The zero-order valence-electron chi connectivity index (χ0n) is 21.7. The van der Waals surface area contributed by atoms with E-state index >= 15 is 0 Å². The Kier molecular flexibility index (Phi) is 7.26. The molecule has 0 unspecified atom stereocenters. The maximum atomic E-state index is 13.4. The first-order valence-corrected chi connectivity index (χ1v) is 11.8. The molecule has 2 aromatic heterocycles. The number of hydrogen-bond donors (Lipinski definition) is 2. The molecular weight excluding hydrogens is 505 g/mol. The van der Waals surface area contributed by atoms with Crippen molar-refractivity contribution in [1.82, 2.24) is 24.5 Å². The van der Waals surface area contributed by atoms with Crippen LogP contribution in [-0.2, 0) is 6.54 Å². The average molecular weight is 532 g/mol. The number of methoxy groups -OCH3 is 4. The van der Waals surface area contributed by atoms with Gasteiger partial charge in [-0.3, -0.25) is 0 Å². The Morgan fingerprint density at radius 1 is 0.821 bits per heavy atom. The van der Waals surface area contributed by atoms with Crippen LogP contribution in [0.5, 0.6) is 23.0 Å². The summed E-state index contributed by atoms with van der Waals surface area (Å²) in [5.74, 6) is 2.88. The Bertz CT molecular complexity index is 1580. The molecule has 0 aliphatic heterocycles. The Morgan fingerprint density at radius 3 is 2.23 bits per heavy atom. The molecule has 5 rings (SSSR count). The van der Waals surface area contributed by atoms with Crippen LogP contribution in [0.25, 0.3) is 17.0 Å². The quantitative estimate of drug-likeness (QED) is 0.262. The minimum atomic E-state index is -0.296. The van der Waals surface area contributed by atoms with Crippen molar-refractivity contribution in [3.63, 3.8) is 0 Å². The van der Waals surface area contributed by atoms with Crippen molar-refractivity contribution in [3.05, 3.63) is 72.3 Å². The fraction of sp³-hybridized carbons (Fsp3) is 0.185. The van der Waals surface area contributed by atoms with Crippen LogP contribution in [0.15, 0.2) is 60.9 Å². The Hall–Kier alpha value is -5.13. The van der Waals surface area contributed by atoms with E-state index in [2.05, 4.69) is 25.6 Å². The molecule has 0 bridgehead atoms. The number of benzene rings is 3. The number of rotatable bonds is 10. The predicted molar refractivity (Wildman–Crippen MR) is 144 cm³/mol. The second-order valence-corrected chi connectivity index (χ2v) is 8.25. The molecule has 0 saturated carbocycles. The first-order valence-electron chi connectivity index (χ1n) is 11.8. The smallest absolute Gasteiger partial charge is 0.241 e. The number of hydrogen-bond acceptors (Lipinski definition) is 10. The number of ether oxygens (including phenoxy) is 4. The van der Waals surface area contributed by atoms with Crippen LogP contribution in [0.1, 0.15) is 5.56 Å². The number of halogens is 1. The van der Waals surface area contributed by atoms with Crippen LogP contribution in [-0.4, -0.2) is 52.9 Å². The lowest BCUT2D eigenvalue weighted by Gasteiger charge is -2.15. The summed E-state index contributed by atoms with van der Waals surface area (Å²) in [4.78, 5) is 18.1. The van der Waals surface area contributed by atoms with Gasteiger partial charge in [-0.25, -0.2) is 23.9 Å². The molecule has 12 heteroatoms. The number of imidazole rings is 1. The van der Waals surface area contributed by atoms with Crippen molar-refractivity contribution in [2.45, 2.75) is 6.54 Å². The van der Waals surface area contributed by atoms with Crippen molar-refractivity contribution in [2.24, 2.45) is 0 Å². The summed E-state index contributed by atoms with van der Waals surface area (Å²) in [6, 6.07) is 15.3. The van der Waals surface area contributed by atoms with E-state index in [1.54, 1.807) is 50.2 Å². The van der Waals surface area contributed by atoms with Crippen molar-refractivity contribution < 1.29 is 23.3 Å². The molecule has 0 saturated heterocycles. The second kappa shape index (κ2) is 11.1. The van der Waals surface area contributed by atoms with Gasteiger partial charge in [-0.1, -0.05) is 12.1 Å². The van der Waals surface area contributed by atoms with Crippen molar-refractivity contribution >= 4 is 28.6 Å².